The molecule has 3 aromatic carbocycles. The molecule has 4 N–H and O–H groups in total. The van der Waals surface area contributed by atoms with E-state index in [0.717, 1.165) is 17.1 Å². The van der Waals surface area contributed by atoms with Gasteiger partial charge in [0.25, 0.3) is 5.91 Å². The summed E-state index contributed by atoms with van der Waals surface area (Å²) in [5.74, 6) is -0.193. The second-order valence-electron chi connectivity index (χ2n) is 5.47. The van der Waals surface area contributed by atoms with Crippen LogP contribution in [-0.2, 0) is 0 Å². The van der Waals surface area contributed by atoms with Gasteiger partial charge in [-0.3, -0.25) is 15.6 Å². The zero-order valence-corrected chi connectivity index (χ0v) is 14.7. The van der Waals surface area contributed by atoms with Gasteiger partial charge in [0.1, 0.15) is 0 Å². The Morgan fingerprint density at radius 2 is 1.15 bits per heavy atom. The van der Waals surface area contributed by atoms with E-state index < -0.39 is 0 Å². The number of hydrazine groups is 1. The van der Waals surface area contributed by atoms with E-state index in [1.54, 1.807) is 12.1 Å². The van der Waals surface area contributed by atoms with Crippen molar-refractivity contribution in [2.45, 2.75) is 0 Å². The molecule has 0 saturated carbocycles. The van der Waals surface area contributed by atoms with Crippen LogP contribution in [0.2, 0.25) is 0 Å². The van der Waals surface area contributed by atoms with E-state index in [-0.39, 0.29) is 5.91 Å². The first-order valence-electron chi connectivity index (χ1n) is 8.05. The van der Waals surface area contributed by atoms with Gasteiger partial charge in [-0.05, 0) is 60.7 Å². The van der Waals surface area contributed by atoms with Crippen molar-refractivity contribution in [3.05, 3.63) is 90.5 Å². The van der Waals surface area contributed by atoms with Crippen molar-refractivity contribution in [2.24, 2.45) is 0 Å². The van der Waals surface area contributed by atoms with Crippen LogP contribution in [-0.4, -0.2) is 11.0 Å². The number of thiocarbonyl (C=S) groups is 1. The minimum atomic E-state index is -0.193. The molecule has 0 radical (unpaired) electrons. The molecule has 0 bridgehead atoms. The molecule has 0 fully saturated rings. The van der Waals surface area contributed by atoms with Crippen molar-refractivity contribution in [2.75, 3.05) is 16.1 Å². The monoisotopic (exact) mass is 362 g/mol. The molecule has 0 unspecified atom stereocenters. The summed E-state index contributed by atoms with van der Waals surface area (Å²) in [5.41, 5.74) is 8.68. The first kappa shape index (κ1) is 17.4. The van der Waals surface area contributed by atoms with Crippen molar-refractivity contribution < 1.29 is 4.79 Å². The Balaban J connectivity index is 1.50. The standard InChI is InChI=1S/C20H18N4OS/c25-19(15-7-3-1-4-8-15)24-23-18-13-11-17(12-14-18)22-20(26)21-16-9-5-2-6-10-16/h1-14,23H,(H,24,25)(H2,21,22,26). The van der Waals surface area contributed by atoms with E-state index in [1.807, 2.05) is 72.8 Å². The summed E-state index contributed by atoms with van der Waals surface area (Å²) < 4.78 is 0. The molecule has 0 aliphatic rings. The lowest BCUT2D eigenvalue weighted by Gasteiger charge is -2.12. The quantitative estimate of drug-likeness (QED) is 0.404. The second-order valence-corrected chi connectivity index (χ2v) is 5.88. The third-order valence-electron chi connectivity index (χ3n) is 3.53. The van der Waals surface area contributed by atoms with Crippen molar-refractivity contribution in [3.63, 3.8) is 0 Å². The van der Waals surface area contributed by atoms with Gasteiger partial charge in [-0.2, -0.15) is 0 Å². The van der Waals surface area contributed by atoms with Gasteiger partial charge in [-0.15, -0.1) is 0 Å². The first-order valence-corrected chi connectivity index (χ1v) is 8.46. The van der Waals surface area contributed by atoms with Crippen LogP contribution < -0.4 is 21.5 Å². The fourth-order valence-electron chi connectivity index (χ4n) is 2.24. The zero-order valence-electron chi connectivity index (χ0n) is 13.9. The Bertz CT molecular complexity index is 867. The van der Waals surface area contributed by atoms with E-state index in [9.17, 15) is 4.79 Å². The molecule has 0 saturated heterocycles. The van der Waals surface area contributed by atoms with Crippen LogP contribution in [0.5, 0.6) is 0 Å². The Hall–Kier alpha value is -3.38. The number of para-hydroxylation sites is 1. The Kier molecular flexibility index (Phi) is 5.80. The van der Waals surface area contributed by atoms with Gasteiger partial charge in [0.2, 0.25) is 0 Å². The molecule has 3 rings (SSSR count). The molecule has 26 heavy (non-hydrogen) atoms. The van der Waals surface area contributed by atoms with E-state index in [2.05, 4.69) is 21.5 Å². The van der Waals surface area contributed by atoms with Crippen LogP contribution in [0.1, 0.15) is 10.4 Å². The maximum absolute atomic E-state index is 12.0. The highest BCUT2D eigenvalue weighted by Gasteiger charge is 2.03. The van der Waals surface area contributed by atoms with Crippen LogP contribution in [0.4, 0.5) is 17.1 Å². The third-order valence-corrected chi connectivity index (χ3v) is 3.73. The molecule has 5 nitrogen and oxygen atoms in total. The highest BCUT2D eigenvalue weighted by molar-refractivity contribution is 7.80. The average Bonchev–Trinajstić information content (AvgIpc) is 2.68. The summed E-state index contributed by atoms with van der Waals surface area (Å²) in [7, 11) is 0. The lowest BCUT2D eigenvalue weighted by atomic mass is 10.2. The van der Waals surface area contributed by atoms with E-state index in [4.69, 9.17) is 12.2 Å². The van der Waals surface area contributed by atoms with Gasteiger partial charge in [0.15, 0.2) is 5.11 Å². The molecule has 0 atom stereocenters. The van der Waals surface area contributed by atoms with Crippen LogP contribution in [0.15, 0.2) is 84.9 Å². The zero-order chi connectivity index (χ0) is 18.2. The minimum absolute atomic E-state index is 0.193. The van der Waals surface area contributed by atoms with Crippen LogP contribution in [0, 0.1) is 0 Å². The van der Waals surface area contributed by atoms with Gasteiger partial charge < -0.3 is 10.6 Å². The number of hydrogen-bond donors (Lipinski definition) is 4. The van der Waals surface area contributed by atoms with Crippen molar-refractivity contribution in [3.8, 4) is 0 Å². The minimum Gasteiger partial charge on any atom is -0.332 e. The van der Waals surface area contributed by atoms with Gasteiger partial charge in [-0.1, -0.05) is 36.4 Å². The summed E-state index contributed by atoms with van der Waals surface area (Å²) in [5, 5.41) is 6.73. The van der Waals surface area contributed by atoms with Gasteiger partial charge in [0.05, 0.1) is 5.69 Å². The number of carbonyl (C=O) groups excluding carboxylic acids is 1. The SMILES string of the molecule is O=C(NNc1ccc(NC(=S)Nc2ccccc2)cc1)c1ccccc1. The number of anilines is 3. The molecule has 3 aromatic rings. The highest BCUT2D eigenvalue weighted by atomic mass is 32.1. The molecule has 0 aromatic heterocycles. The lowest BCUT2D eigenvalue weighted by Crippen LogP contribution is -2.29. The predicted molar refractivity (Wildman–Crippen MR) is 110 cm³/mol. The summed E-state index contributed by atoms with van der Waals surface area (Å²) in [6.07, 6.45) is 0. The number of benzene rings is 3. The number of rotatable bonds is 5. The highest BCUT2D eigenvalue weighted by Crippen LogP contribution is 2.14. The molecule has 0 heterocycles. The maximum atomic E-state index is 12.0. The summed E-state index contributed by atoms with van der Waals surface area (Å²) >= 11 is 5.30. The molecule has 0 spiro atoms. The molecular formula is C20H18N4OS. The number of nitrogens with one attached hydrogen (secondary N) is 4. The molecule has 6 heteroatoms. The Morgan fingerprint density at radius 1 is 0.654 bits per heavy atom. The molecule has 130 valence electrons. The predicted octanol–water partition coefficient (Wildman–Crippen LogP) is 4.25. The summed E-state index contributed by atoms with van der Waals surface area (Å²) in [6.45, 7) is 0. The second kappa shape index (κ2) is 8.64. The molecule has 1 amide bonds. The third kappa shape index (κ3) is 5.06. The first-order chi connectivity index (χ1) is 12.7. The van der Waals surface area contributed by atoms with E-state index in [1.165, 1.54) is 0 Å². The largest absolute Gasteiger partial charge is 0.332 e. The van der Waals surface area contributed by atoms with Crippen molar-refractivity contribution >= 4 is 40.3 Å². The van der Waals surface area contributed by atoms with Gasteiger partial charge >= 0.3 is 0 Å². The number of hydrogen-bond acceptors (Lipinski definition) is 3. The normalized spacial score (nSPS) is 9.85. The molecule has 0 aliphatic carbocycles. The van der Waals surface area contributed by atoms with Crippen molar-refractivity contribution in [1.29, 1.82) is 0 Å². The van der Waals surface area contributed by atoms with Gasteiger partial charge in [-0.25, -0.2) is 0 Å². The number of amides is 1. The molecular weight excluding hydrogens is 344 g/mol. The Morgan fingerprint density at radius 3 is 1.77 bits per heavy atom. The fourth-order valence-corrected chi connectivity index (χ4v) is 2.48. The maximum Gasteiger partial charge on any atom is 0.269 e. The molecule has 0 aliphatic heterocycles. The average molecular weight is 362 g/mol. The smallest absolute Gasteiger partial charge is 0.269 e. The van der Waals surface area contributed by atoms with Crippen molar-refractivity contribution in [1.82, 2.24) is 5.43 Å². The van der Waals surface area contributed by atoms with E-state index >= 15 is 0 Å². The Labute approximate surface area is 157 Å². The lowest BCUT2D eigenvalue weighted by molar-refractivity contribution is 0.0962. The topological polar surface area (TPSA) is 65.2 Å². The van der Waals surface area contributed by atoms with Crippen LogP contribution >= 0.6 is 12.2 Å². The number of carbonyl (C=O) groups is 1. The van der Waals surface area contributed by atoms with Crippen LogP contribution in [0.3, 0.4) is 0 Å². The van der Waals surface area contributed by atoms with Gasteiger partial charge in [0, 0.05) is 16.9 Å². The summed E-state index contributed by atoms with van der Waals surface area (Å²) in [4.78, 5) is 12.0. The van der Waals surface area contributed by atoms with E-state index in [0.29, 0.717) is 10.7 Å². The van der Waals surface area contributed by atoms with Crippen LogP contribution in [0.25, 0.3) is 0 Å². The fraction of sp³-hybridized carbons (Fsp3) is 0. The summed E-state index contributed by atoms with van der Waals surface area (Å²) in [6, 6.07) is 26.2.